The molecule has 0 radical (unpaired) electrons. The van der Waals surface area contributed by atoms with Gasteiger partial charge in [0.05, 0.1) is 24.2 Å². The molecule has 1 fully saturated rings. The van der Waals surface area contributed by atoms with Crippen LogP contribution in [0.3, 0.4) is 0 Å². The second kappa shape index (κ2) is 7.52. The molecule has 3 atom stereocenters. The Morgan fingerprint density at radius 2 is 1.80 bits per heavy atom. The lowest BCUT2D eigenvalue weighted by atomic mass is 9.75. The molecule has 1 saturated heterocycles. The molecule has 2 aromatic carbocycles. The smallest absolute Gasteiger partial charge is 0.243 e. The topological polar surface area (TPSA) is 58.6 Å². The molecule has 0 amide bonds. The van der Waals surface area contributed by atoms with E-state index in [1.165, 1.54) is 26.7 Å². The summed E-state index contributed by atoms with van der Waals surface area (Å²) in [5.41, 5.74) is 6.34. The summed E-state index contributed by atoms with van der Waals surface area (Å²) in [5.74, 6) is 0.851. The molecule has 2 aromatic rings. The van der Waals surface area contributed by atoms with Crippen LogP contribution < -0.4 is 5.32 Å². The van der Waals surface area contributed by atoms with Crippen molar-refractivity contribution in [1.82, 2.24) is 4.31 Å². The molecule has 1 aliphatic carbocycles. The van der Waals surface area contributed by atoms with E-state index in [0.717, 1.165) is 12.0 Å². The monoisotopic (exact) mass is 424 g/mol. The van der Waals surface area contributed by atoms with E-state index in [0.29, 0.717) is 43.0 Å². The summed E-state index contributed by atoms with van der Waals surface area (Å²) >= 11 is 0. The third kappa shape index (κ3) is 3.27. The number of sulfonamides is 1. The average molecular weight is 425 g/mol. The summed E-state index contributed by atoms with van der Waals surface area (Å²) in [6.07, 6.45) is 5.66. The average Bonchev–Trinajstić information content (AvgIpc) is 3.23. The molecular weight excluding hydrogens is 396 g/mol. The molecule has 0 spiro atoms. The second-order valence-electron chi connectivity index (χ2n) is 8.60. The van der Waals surface area contributed by atoms with E-state index < -0.39 is 10.0 Å². The molecule has 30 heavy (non-hydrogen) atoms. The molecule has 3 aliphatic rings. The van der Waals surface area contributed by atoms with Gasteiger partial charge in [0.1, 0.15) is 0 Å². The van der Waals surface area contributed by atoms with Gasteiger partial charge in [0, 0.05) is 24.7 Å². The van der Waals surface area contributed by atoms with Crippen molar-refractivity contribution in [2.45, 2.75) is 37.1 Å². The molecule has 2 heterocycles. The lowest BCUT2D eigenvalue weighted by Crippen LogP contribution is -2.40. The molecule has 6 heteroatoms. The Hall–Kier alpha value is -2.15. The second-order valence-corrected chi connectivity index (χ2v) is 10.5. The van der Waals surface area contributed by atoms with E-state index in [2.05, 4.69) is 43.4 Å². The quantitative estimate of drug-likeness (QED) is 0.752. The molecule has 0 saturated carbocycles. The summed E-state index contributed by atoms with van der Waals surface area (Å²) in [6.45, 7) is 6.07. The van der Waals surface area contributed by atoms with E-state index in [-0.39, 0.29) is 6.04 Å². The predicted octanol–water partition coefficient (Wildman–Crippen LogP) is 4.15. The van der Waals surface area contributed by atoms with E-state index in [9.17, 15) is 8.42 Å². The summed E-state index contributed by atoms with van der Waals surface area (Å²) in [7, 11) is -3.47. The van der Waals surface area contributed by atoms with E-state index in [1.54, 1.807) is 12.1 Å². The highest BCUT2D eigenvalue weighted by atomic mass is 32.2. The lowest BCUT2D eigenvalue weighted by molar-refractivity contribution is 0.0730. The first-order valence-electron chi connectivity index (χ1n) is 10.7. The minimum Gasteiger partial charge on any atom is -0.379 e. The fraction of sp³-hybridized carbons (Fsp3) is 0.417. The SMILES string of the molecule is Cc1cc(C)c2c(c1)N[C@H](c1ccc(S(=O)(=O)N3CCOCC3)cc1)[C@@H]1CC=C[C@H]21. The van der Waals surface area contributed by atoms with Gasteiger partial charge in [-0.15, -0.1) is 0 Å². The molecule has 0 bridgehead atoms. The molecular formula is C24H28N2O3S. The standard InChI is InChI=1S/C24H28N2O3S/c1-16-14-17(2)23-20-4-3-5-21(20)24(25-22(23)15-16)18-6-8-19(9-7-18)30(27,28)26-10-12-29-13-11-26/h3-4,6-9,14-15,20-21,24-25H,5,10-13H2,1-2H3/t20-,21+,24+/m0/s1. The van der Waals surface area contributed by atoms with Crippen LogP contribution in [0.15, 0.2) is 53.4 Å². The van der Waals surface area contributed by atoms with Crippen LogP contribution in [0.2, 0.25) is 0 Å². The van der Waals surface area contributed by atoms with Gasteiger partial charge >= 0.3 is 0 Å². The van der Waals surface area contributed by atoms with E-state index in [4.69, 9.17) is 4.74 Å². The van der Waals surface area contributed by atoms with Gasteiger partial charge in [-0.1, -0.05) is 30.4 Å². The molecule has 5 rings (SSSR count). The van der Waals surface area contributed by atoms with Crippen molar-refractivity contribution in [3.63, 3.8) is 0 Å². The van der Waals surface area contributed by atoms with Crippen LogP contribution in [0.5, 0.6) is 0 Å². The maximum atomic E-state index is 12.9. The first-order valence-corrected chi connectivity index (χ1v) is 12.1. The molecule has 1 N–H and O–H groups in total. The van der Waals surface area contributed by atoms with Gasteiger partial charge in [0.25, 0.3) is 0 Å². The van der Waals surface area contributed by atoms with Crippen LogP contribution in [-0.4, -0.2) is 39.0 Å². The lowest BCUT2D eigenvalue weighted by Gasteiger charge is -2.38. The highest BCUT2D eigenvalue weighted by Gasteiger charge is 2.39. The van der Waals surface area contributed by atoms with Crippen molar-refractivity contribution in [3.8, 4) is 0 Å². The molecule has 5 nitrogen and oxygen atoms in total. The van der Waals surface area contributed by atoms with Crippen molar-refractivity contribution >= 4 is 15.7 Å². The summed E-state index contributed by atoms with van der Waals surface area (Å²) in [4.78, 5) is 0.358. The number of allylic oxidation sites excluding steroid dienone is 2. The Labute approximate surface area is 178 Å². The zero-order valence-electron chi connectivity index (χ0n) is 17.5. The number of hydrogen-bond acceptors (Lipinski definition) is 4. The maximum absolute atomic E-state index is 12.9. The van der Waals surface area contributed by atoms with Gasteiger partial charge < -0.3 is 10.1 Å². The minimum atomic E-state index is -3.47. The number of aryl methyl sites for hydroxylation is 2. The van der Waals surface area contributed by atoms with Gasteiger partial charge in [-0.05, 0) is 66.6 Å². The maximum Gasteiger partial charge on any atom is 0.243 e. The summed E-state index contributed by atoms with van der Waals surface area (Å²) < 4.78 is 32.7. The van der Waals surface area contributed by atoms with Crippen LogP contribution in [0.1, 0.15) is 40.6 Å². The number of ether oxygens (including phenoxy) is 1. The van der Waals surface area contributed by atoms with Crippen LogP contribution in [0, 0.1) is 19.8 Å². The third-order valence-corrected chi connectivity index (χ3v) is 8.58. The number of morpholine rings is 1. The Morgan fingerprint density at radius 3 is 2.53 bits per heavy atom. The van der Waals surface area contributed by atoms with Crippen molar-refractivity contribution in [3.05, 3.63) is 70.8 Å². The molecule has 2 aliphatic heterocycles. The zero-order chi connectivity index (χ0) is 20.9. The highest BCUT2D eigenvalue weighted by Crippen LogP contribution is 2.51. The number of rotatable bonds is 3. The van der Waals surface area contributed by atoms with E-state index in [1.807, 2.05) is 12.1 Å². The number of fused-ring (bicyclic) bond motifs is 3. The Bertz CT molecular complexity index is 1090. The molecule has 0 unspecified atom stereocenters. The van der Waals surface area contributed by atoms with Gasteiger partial charge in [0.15, 0.2) is 0 Å². The largest absolute Gasteiger partial charge is 0.379 e. The Balaban J connectivity index is 1.46. The van der Waals surface area contributed by atoms with Gasteiger partial charge in [-0.25, -0.2) is 8.42 Å². The number of hydrogen-bond donors (Lipinski definition) is 1. The van der Waals surface area contributed by atoms with Crippen molar-refractivity contribution in [2.24, 2.45) is 5.92 Å². The van der Waals surface area contributed by atoms with E-state index >= 15 is 0 Å². The number of anilines is 1. The van der Waals surface area contributed by atoms with Gasteiger partial charge in [-0.2, -0.15) is 4.31 Å². The highest BCUT2D eigenvalue weighted by molar-refractivity contribution is 7.89. The summed E-state index contributed by atoms with van der Waals surface area (Å²) in [6, 6.07) is 12.1. The van der Waals surface area contributed by atoms with Crippen molar-refractivity contribution in [1.29, 1.82) is 0 Å². The Morgan fingerprint density at radius 1 is 1.07 bits per heavy atom. The normalized spacial score (nSPS) is 26.1. The minimum absolute atomic E-state index is 0.166. The third-order valence-electron chi connectivity index (χ3n) is 6.66. The molecule has 158 valence electrons. The van der Waals surface area contributed by atoms with Crippen molar-refractivity contribution in [2.75, 3.05) is 31.6 Å². The van der Waals surface area contributed by atoms with Crippen LogP contribution in [0.25, 0.3) is 0 Å². The summed E-state index contributed by atoms with van der Waals surface area (Å²) in [5, 5.41) is 3.77. The van der Waals surface area contributed by atoms with Crippen LogP contribution >= 0.6 is 0 Å². The van der Waals surface area contributed by atoms with Crippen LogP contribution in [0.4, 0.5) is 5.69 Å². The Kier molecular flexibility index (Phi) is 4.96. The first-order chi connectivity index (χ1) is 14.4. The number of nitrogens with zero attached hydrogens (tertiary/aromatic N) is 1. The number of benzene rings is 2. The van der Waals surface area contributed by atoms with Gasteiger partial charge in [0.2, 0.25) is 10.0 Å². The zero-order valence-corrected chi connectivity index (χ0v) is 18.3. The van der Waals surface area contributed by atoms with Crippen molar-refractivity contribution < 1.29 is 13.2 Å². The molecule has 0 aromatic heterocycles. The van der Waals surface area contributed by atoms with Gasteiger partial charge in [-0.3, -0.25) is 0 Å². The fourth-order valence-corrected chi connectivity index (χ4v) is 6.66. The van der Waals surface area contributed by atoms with Crippen LogP contribution in [-0.2, 0) is 14.8 Å². The first kappa shape index (κ1) is 19.8. The predicted molar refractivity (Wildman–Crippen MR) is 118 cm³/mol. The number of nitrogens with one attached hydrogen (secondary N) is 1. The fourth-order valence-electron chi connectivity index (χ4n) is 5.25.